The van der Waals surface area contributed by atoms with Crippen LogP contribution in [0.4, 0.5) is 0 Å². The van der Waals surface area contributed by atoms with Gasteiger partial charge in [-0.1, -0.05) is 17.2 Å². The first-order valence-corrected chi connectivity index (χ1v) is 4.72. The van der Waals surface area contributed by atoms with Crippen LogP contribution in [0.15, 0.2) is 23.3 Å². The Kier molecular flexibility index (Phi) is 4.13. The fraction of sp³-hybridized carbons (Fsp3) is 0.400. The van der Waals surface area contributed by atoms with Crippen LogP contribution in [0.3, 0.4) is 0 Å². The summed E-state index contributed by atoms with van der Waals surface area (Å²) in [6, 6.07) is 4.60. The second kappa shape index (κ2) is 5.37. The number of phenolic OH excluding ortho intramolecular Hbond substituents is 1. The van der Waals surface area contributed by atoms with Crippen molar-refractivity contribution in [3.8, 4) is 5.75 Å². The van der Waals surface area contributed by atoms with Crippen LogP contribution in [0.1, 0.15) is 17.2 Å². The minimum atomic E-state index is -1.18. The molecule has 0 bridgehead atoms. The lowest BCUT2D eigenvalue weighted by atomic mass is 10.0. The van der Waals surface area contributed by atoms with Gasteiger partial charge >= 0.3 is 0 Å². The Morgan fingerprint density at radius 2 is 2.12 bits per heavy atom. The van der Waals surface area contributed by atoms with Crippen LogP contribution >= 0.6 is 0 Å². The van der Waals surface area contributed by atoms with Gasteiger partial charge in [0.2, 0.25) is 0 Å². The van der Waals surface area contributed by atoms with E-state index in [4.69, 9.17) is 5.53 Å². The molecule has 0 heterocycles. The molecule has 1 aromatic rings. The van der Waals surface area contributed by atoms with Gasteiger partial charge in [-0.2, -0.15) is 0 Å². The Bertz CT molecular complexity index is 416. The molecular formula is C10H13N3O3. The fourth-order valence-electron chi connectivity index (χ4n) is 1.25. The average molecular weight is 223 g/mol. The zero-order valence-electron chi connectivity index (χ0n) is 8.78. The van der Waals surface area contributed by atoms with Gasteiger partial charge in [0.25, 0.3) is 0 Å². The van der Waals surface area contributed by atoms with E-state index in [1.165, 1.54) is 6.07 Å². The van der Waals surface area contributed by atoms with E-state index in [-0.39, 0.29) is 12.3 Å². The lowest BCUT2D eigenvalue weighted by Crippen LogP contribution is -2.21. The van der Waals surface area contributed by atoms with Crippen LogP contribution in [0.25, 0.3) is 10.4 Å². The number of phenols is 1. The number of rotatable bonds is 4. The van der Waals surface area contributed by atoms with Crippen LogP contribution in [-0.4, -0.2) is 28.0 Å². The van der Waals surface area contributed by atoms with Crippen molar-refractivity contribution in [1.82, 2.24) is 0 Å². The highest BCUT2D eigenvalue weighted by Crippen LogP contribution is 2.24. The molecule has 1 aromatic carbocycles. The second-order valence-corrected chi connectivity index (χ2v) is 3.47. The highest BCUT2D eigenvalue weighted by molar-refractivity contribution is 5.36. The molecule has 1 rings (SSSR count). The van der Waals surface area contributed by atoms with Gasteiger partial charge in [-0.3, -0.25) is 0 Å². The number of nitrogens with zero attached hydrogens (tertiary/aromatic N) is 3. The number of benzene rings is 1. The van der Waals surface area contributed by atoms with Crippen LogP contribution in [-0.2, 0) is 0 Å². The molecule has 16 heavy (non-hydrogen) atoms. The van der Waals surface area contributed by atoms with Crippen molar-refractivity contribution in [2.75, 3.05) is 6.54 Å². The molecule has 0 aliphatic rings. The highest BCUT2D eigenvalue weighted by Gasteiger charge is 2.18. The number of azide groups is 1. The molecule has 86 valence electrons. The second-order valence-electron chi connectivity index (χ2n) is 3.47. The smallest absolute Gasteiger partial charge is 0.118 e. The minimum Gasteiger partial charge on any atom is -0.508 e. The third-order valence-electron chi connectivity index (χ3n) is 2.27. The molecule has 0 amide bonds. The molecular weight excluding hydrogens is 210 g/mol. The van der Waals surface area contributed by atoms with E-state index in [2.05, 4.69) is 10.0 Å². The molecule has 2 unspecified atom stereocenters. The number of hydrogen-bond donors (Lipinski definition) is 3. The summed E-state index contributed by atoms with van der Waals surface area (Å²) in [5.41, 5.74) is 9.13. The molecule has 0 fully saturated rings. The molecule has 2 atom stereocenters. The van der Waals surface area contributed by atoms with E-state index in [0.717, 1.165) is 0 Å². The van der Waals surface area contributed by atoms with Crippen molar-refractivity contribution in [3.63, 3.8) is 0 Å². The van der Waals surface area contributed by atoms with Gasteiger partial charge in [-0.15, -0.1) is 0 Å². The minimum absolute atomic E-state index is 0.0486. The van der Waals surface area contributed by atoms with Gasteiger partial charge in [0, 0.05) is 4.91 Å². The Morgan fingerprint density at radius 1 is 1.44 bits per heavy atom. The maximum Gasteiger partial charge on any atom is 0.118 e. The monoisotopic (exact) mass is 223 g/mol. The summed E-state index contributed by atoms with van der Waals surface area (Å²) in [6.45, 7) is 1.51. The first-order valence-electron chi connectivity index (χ1n) is 4.72. The fourth-order valence-corrected chi connectivity index (χ4v) is 1.25. The lowest BCUT2D eigenvalue weighted by Gasteiger charge is -2.16. The van der Waals surface area contributed by atoms with Crippen LogP contribution in [0, 0.1) is 6.92 Å². The summed E-state index contributed by atoms with van der Waals surface area (Å²) in [5.74, 6) is 0.0486. The molecule has 0 radical (unpaired) electrons. The summed E-state index contributed by atoms with van der Waals surface area (Å²) in [4.78, 5) is 2.49. The van der Waals surface area contributed by atoms with Crippen molar-refractivity contribution >= 4 is 0 Å². The van der Waals surface area contributed by atoms with E-state index in [1.54, 1.807) is 19.1 Å². The first-order chi connectivity index (χ1) is 7.56. The van der Waals surface area contributed by atoms with Gasteiger partial charge in [-0.05, 0) is 29.6 Å². The maximum absolute atomic E-state index is 9.69. The average Bonchev–Trinajstić information content (AvgIpc) is 2.28. The third-order valence-corrected chi connectivity index (χ3v) is 2.27. The van der Waals surface area contributed by atoms with Crippen LogP contribution < -0.4 is 0 Å². The summed E-state index contributed by atoms with van der Waals surface area (Å²) in [5, 5.41) is 31.8. The van der Waals surface area contributed by atoms with E-state index < -0.39 is 12.2 Å². The van der Waals surface area contributed by atoms with Crippen molar-refractivity contribution in [2.45, 2.75) is 19.1 Å². The summed E-state index contributed by atoms with van der Waals surface area (Å²) >= 11 is 0. The predicted molar refractivity (Wildman–Crippen MR) is 57.8 cm³/mol. The topological polar surface area (TPSA) is 109 Å². The lowest BCUT2D eigenvalue weighted by molar-refractivity contribution is 0.0243. The Morgan fingerprint density at radius 3 is 2.69 bits per heavy atom. The zero-order chi connectivity index (χ0) is 12.1. The van der Waals surface area contributed by atoms with Gasteiger partial charge in [0.15, 0.2) is 0 Å². The van der Waals surface area contributed by atoms with Crippen molar-refractivity contribution < 1.29 is 15.3 Å². The molecule has 0 aromatic heterocycles. The SMILES string of the molecule is Cc1ccc(C(O)C(O)CN=[N+]=[N-])cc1O. The standard InChI is InChI=1S/C10H13N3O3/c1-6-2-3-7(4-8(6)14)10(16)9(15)5-12-13-11/h2-4,9-10,14-16H,5H2,1H3. The number of aliphatic hydroxyl groups is 2. The van der Waals surface area contributed by atoms with Gasteiger partial charge < -0.3 is 15.3 Å². The van der Waals surface area contributed by atoms with E-state index in [1.807, 2.05) is 0 Å². The predicted octanol–water partition coefficient (Wildman–Crippen LogP) is 1.41. The highest BCUT2D eigenvalue weighted by atomic mass is 16.3. The molecule has 0 saturated heterocycles. The number of aryl methyl sites for hydroxylation is 1. The Labute approximate surface area is 92.4 Å². The van der Waals surface area contributed by atoms with Crippen molar-refractivity contribution in [2.24, 2.45) is 5.11 Å². The molecule has 0 saturated carbocycles. The molecule has 0 aliphatic carbocycles. The van der Waals surface area contributed by atoms with E-state index in [9.17, 15) is 15.3 Å². The first kappa shape index (κ1) is 12.3. The number of aliphatic hydroxyl groups excluding tert-OH is 2. The van der Waals surface area contributed by atoms with Gasteiger partial charge in [0.05, 0.1) is 12.6 Å². The Hall–Kier alpha value is -1.75. The van der Waals surface area contributed by atoms with Gasteiger partial charge in [0.1, 0.15) is 11.9 Å². The van der Waals surface area contributed by atoms with Crippen molar-refractivity contribution in [3.05, 3.63) is 39.8 Å². The summed E-state index contributed by atoms with van der Waals surface area (Å²) in [6.07, 6.45) is -2.37. The van der Waals surface area contributed by atoms with Crippen LogP contribution in [0.5, 0.6) is 5.75 Å². The van der Waals surface area contributed by atoms with Crippen molar-refractivity contribution in [1.29, 1.82) is 0 Å². The summed E-state index contributed by atoms with van der Waals surface area (Å²) in [7, 11) is 0. The summed E-state index contributed by atoms with van der Waals surface area (Å²) < 4.78 is 0. The zero-order valence-corrected chi connectivity index (χ0v) is 8.78. The molecule has 6 nitrogen and oxygen atoms in total. The maximum atomic E-state index is 9.69. The Balaban J connectivity index is 2.82. The molecule has 3 N–H and O–H groups in total. The largest absolute Gasteiger partial charge is 0.508 e. The number of hydrogen-bond acceptors (Lipinski definition) is 4. The third kappa shape index (κ3) is 2.87. The normalized spacial score (nSPS) is 13.9. The van der Waals surface area contributed by atoms with Crippen LogP contribution in [0.2, 0.25) is 0 Å². The number of aromatic hydroxyl groups is 1. The van der Waals surface area contributed by atoms with E-state index in [0.29, 0.717) is 11.1 Å². The quantitative estimate of drug-likeness (QED) is 0.407. The molecule has 0 aliphatic heterocycles. The molecule has 6 heteroatoms. The molecule has 0 spiro atoms. The van der Waals surface area contributed by atoms with Gasteiger partial charge in [-0.25, -0.2) is 0 Å². The van der Waals surface area contributed by atoms with E-state index >= 15 is 0 Å².